The quantitative estimate of drug-likeness (QED) is 0.893. The average molecular weight is 317 g/mol. The summed E-state index contributed by atoms with van der Waals surface area (Å²) in [4.78, 5) is 10.6. The standard InChI is InChI=1S/C11H7BrClNO3/c12-7-2-1-6(13)5-8(7)14-10-4-3-9(17-10)11(15)16/h1-5,14H,(H,15,16). The van der Waals surface area contributed by atoms with E-state index in [1.54, 1.807) is 18.2 Å². The van der Waals surface area contributed by atoms with Crippen molar-refractivity contribution in [2.45, 2.75) is 0 Å². The van der Waals surface area contributed by atoms with Crippen LogP contribution in [0.4, 0.5) is 11.6 Å². The van der Waals surface area contributed by atoms with E-state index in [0.717, 1.165) is 4.47 Å². The van der Waals surface area contributed by atoms with E-state index in [-0.39, 0.29) is 5.76 Å². The number of nitrogens with one attached hydrogen (secondary N) is 1. The molecule has 0 unspecified atom stereocenters. The summed E-state index contributed by atoms with van der Waals surface area (Å²) >= 11 is 9.20. The van der Waals surface area contributed by atoms with Crippen molar-refractivity contribution in [3.63, 3.8) is 0 Å². The molecular weight excluding hydrogens is 309 g/mol. The summed E-state index contributed by atoms with van der Waals surface area (Å²) in [6, 6.07) is 8.14. The number of carboxylic acid groups (broad SMARTS) is 1. The van der Waals surface area contributed by atoms with Crippen LogP contribution in [-0.2, 0) is 0 Å². The molecule has 0 bridgehead atoms. The molecule has 0 fully saturated rings. The van der Waals surface area contributed by atoms with Crippen molar-refractivity contribution >= 4 is 45.1 Å². The number of carbonyl (C=O) groups is 1. The number of furan rings is 1. The lowest BCUT2D eigenvalue weighted by Crippen LogP contribution is -1.93. The predicted octanol–water partition coefficient (Wildman–Crippen LogP) is 4.14. The first-order valence-electron chi connectivity index (χ1n) is 4.61. The Kier molecular flexibility index (Phi) is 3.40. The maximum Gasteiger partial charge on any atom is 0.371 e. The first-order valence-corrected chi connectivity index (χ1v) is 5.78. The van der Waals surface area contributed by atoms with E-state index >= 15 is 0 Å². The number of hydrogen-bond donors (Lipinski definition) is 2. The Labute approximate surface area is 110 Å². The SMILES string of the molecule is O=C(O)c1ccc(Nc2cc(Cl)ccc2Br)o1. The van der Waals surface area contributed by atoms with Gasteiger partial charge in [0.2, 0.25) is 5.76 Å². The highest BCUT2D eigenvalue weighted by Crippen LogP contribution is 2.29. The molecule has 4 nitrogen and oxygen atoms in total. The second kappa shape index (κ2) is 4.81. The van der Waals surface area contributed by atoms with E-state index in [4.69, 9.17) is 21.1 Å². The van der Waals surface area contributed by atoms with Gasteiger partial charge in [-0.25, -0.2) is 4.79 Å². The van der Waals surface area contributed by atoms with E-state index in [0.29, 0.717) is 16.6 Å². The number of aromatic carboxylic acids is 1. The molecule has 0 amide bonds. The first kappa shape index (κ1) is 12.0. The number of hydrogen-bond acceptors (Lipinski definition) is 3. The number of benzene rings is 1. The third-order valence-electron chi connectivity index (χ3n) is 2.00. The molecule has 0 saturated heterocycles. The normalized spacial score (nSPS) is 10.2. The highest BCUT2D eigenvalue weighted by Gasteiger charge is 2.10. The van der Waals surface area contributed by atoms with Crippen LogP contribution in [0.15, 0.2) is 39.2 Å². The molecule has 2 rings (SSSR count). The molecule has 6 heteroatoms. The van der Waals surface area contributed by atoms with Gasteiger partial charge in [-0.3, -0.25) is 0 Å². The molecule has 1 aromatic carbocycles. The lowest BCUT2D eigenvalue weighted by molar-refractivity contribution is 0.0663. The lowest BCUT2D eigenvalue weighted by atomic mass is 10.3. The summed E-state index contributed by atoms with van der Waals surface area (Å²) in [6.45, 7) is 0. The zero-order chi connectivity index (χ0) is 12.4. The molecule has 0 saturated carbocycles. The summed E-state index contributed by atoms with van der Waals surface area (Å²) in [5, 5.41) is 12.2. The van der Waals surface area contributed by atoms with Crippen molar-refractivity contribution in [3.05, 3.63) is 45.6 Å². The predicted molar refractivity (Wildman–Crippen MR) is 68.1 cm³/mol. The van der Waals surface area contributed by atoms with Gasteiger partial charge in [0.15, 0.2) is 5.88 Å². The van der Waals surface area contributed by atoms with Crippen molar-refractivity contribution in [2.75, 3.05) is 5.32 Å². The number of rotatable bonds is 3. The summed E-state index contributed by atoms with van der Waals surface area (Å²) in [5.41, 5.74) is 0.698. The van der Waals surface area contributed by atoms with Crippen LogP contribution in [0.1, 0.15) is 10.6 Å². The molecule has 0 aliphatic carbocycles. The van der Waals surface area contributed by atoms with Crippen LogP contribution in [0.5, 0.6) is 0 Å². The minimum atomic E-state index is -1.11. The second-order valence-corrected chi connectivity index (χ2v) is 4.51. The van der Waals surface area contributed by atoms with Crippen LogP contribution in [-0.4, -0.2) is 11.1 Å². The van der Waals surface area contributed by atoms with Crippen molar-refractivity contribution in [2.24, 2.45) is 0 Å². The smallest absolute Gasteiger partial charge is 0.371 e. The largest absolute Gasteiger partial charge is 0.475 e. The van der Waals surface area contributed by atoms with Crippen LogP contribution < -0.4 is 5.32 Å². The van der Waals surface area contributed by atoms with Gasteiger partial charge in [0, 0.05) is 15.6 Å². The Morgan fingerprint density at radius 3 is 2.76 bits per heavy atom. The maximum absolute atomic E-state index is 10.6. The molecule has 2 N–H and O–H groups in total. The number of carboxylic acids is 1. The Hall–Kier alpha value is -1.46. The average Bonchev–Trinajstić information content (AvgIpc) is 2.72. The minimum Gasteiger partial charge on any atom is -0.475 e. The van der Waals surface area contributed by atoms with Crippen molar-refractivity contribution in [3.8, 4) is 0 Å². The van der Waals surface area contributed by atoms with Crippen molar-refractivity contribution in [1.29, 1.82) is 0 Å². The van der Waals surface area contributed by atoms with Crippen LogP contribution in [0.3, 0.4) is 0 Å². The Bertz CT molecular complexity index is 568. The molecule has 0 aliphatic heterocycles. The van der Waals surface area contributed by atoms with E-state index in [9.17, 15) is 4.79 Å². The molecule has 17 heavy (non-hydrogen) atoms. The van der Waals surface area contributed by atoms with Crippen LogP contribution in [0, 0.1) is 0 Å². The van der Waals surface area contributed by atoms with Gasteiger partial charge in [-0.05, 0) is 40.2 Å². The fourth-order valence-electron chi connectivity index (χ4n) is 1.25. The van der Waals surface area contributed by atoms with Crippen molar-refractivity contribution < 1.29 is 14.3 Å². The Morgan fingerprint density at radius 1 is 1.35 bits per heavy atom. The third kappa shape index (κ3) is 2.81. The van der Waals surface area contributed by atoms with Gasteiger partial charge in [-0.2, -0.15) is 0 Å². The van der Waals surface area contributed by atoms with E-state index in [1.165, 1.54) is 12.1 Å². The van der Waals surface area contributed by atoms with Gasteiger partial charge in [-0.1, -0.05) is 11.6 Å². The molecule has 0 spiro atoms. The fraction of sp³-hybridized carbons (Fsp3) is 0. The third-order valence-corrected chi connectivity index (χ3v) is 2.93. The van der Waals surface area contributed by atoms with Gasteiger partial charge < -0.3 is 14.8 Å². The highest BCUT2D eigenvalue weighted by atomic mass is 79.9. The van der Waals surface area contributed by atoms with Gasteiger partial charge in [0.1, 0.15) is 0 Å². The topological polar surface area (TPSA) is 62.5 Å². The van der Waals surface area contributed by atoms with E-state index in [1.807, 2.05) is 0 Å². The fourth-order valence-corrected chi connectivity index (χ4v) is 1.76. The summed E-state index contributed by atoms with van der Waals surface area (Å²) < 4.78 is 5.87. The summed E-state index contributed by atoms with van der Waals surface area (Å²) in [6.07, 6.45) is 0. The highest BCUT2D eigenvalue weighted by molar-refractivity contribution is 9.10. The van der Waals surface area contributed by atoms with E-state index < -0.39 is 5.97 Å². The summed E-state index contributed by atoms with van der Waals surface area (Å²) in [5.74, 6) is -0.890. The van der Waals surface area contributed by atoms with Gasteiger partial charge in [0.25, 0.3) is 0 Å². The number of halogens is 2. The number of anilines is 2. The van der Waals surface area contributed by atoms with Gasteiger partial charge in [0.05, 0.1) is 5.69 Å². The van der Waals surface area contributed by atoms with Gasteiger partial charge in [-0.15, -0.1) is 0 Å². The summed E-state index contributed by atoms with van der Waals surface area (Å²) in [7, 11) is 0. The molecule has 1 heterocycles. The first-order chi connectivity index (χ1) is 8.06. The molecule has 0 atom stereocenters. The lowest BCUT2D eigenvalue weighted by Gasteiger charge is -2.05. The monoisotopic (exact) mass is 315 g/mol. The zero-order valence-corrected chi connectivity index (χ0v) is 10.7. The van der Waals surface area contributed by atoms with Crippen LogP contribution in [0.25, 0.3) is 0 Å². The van der Waals surface area contributed by atoms with Crippen LogP contribution in [0.2, 0.25) is 5.02 Å². The van der Waals surface area contributed by atoms with Crippen LogP contribution >= 0.6 is 27.5 Å². The Morgan fingerprint density at radius 2 is 2.12 bits per heavy atom. The van der Waals surface area contributed by atoms with Crippen molar-refractivity contribution in [1.82, 2.24) is 0 Å². The molecule has 0 radical (unpaired) electrons. The molecule has 0 aliphatic rings. The van der Waals surface area contributed by atoms with Gasteiger partial charge >= 0.3 is 5.97 Å². The molecule has 88 valence electrons. The zero-order valence-electron chi connectivity index (χ0n) is 8.41. The Balaban J connectivity index is 2.25. The molecule has 2 aromatic rings. The molecular formula is C11H7BrClNO3. The maximum atomic E-state index is 10.6. The molecule has 1 aromatic heterocycles. The van der Waals surface area contributed by atoms with E-state index in [2.05, 4.69) is 21.2 Å². The second-order valence-electron chi connectivity index (χ2n) is 3.22. The minimum absolute atomic E-state index is 0.120.